The van der Waals surface area contributed by atoms with Gasteiger partial charge in [0.1, 0.15) is 13.2 Å². The van der Waals surface area contributed by atoms with Crippen LogP contribution >= 0.6 is 11.6 Å². The molecule has 1 aliphatic carbocycles. The van der Waals surface area contributed by atoms with Crippen molar-refractivity contribution < 1.29 is 28.6 Å². The largest absolute Gasteiger partial charge is 0.459 e. The lowest BCUT2D eigenvalue weighted by Gasteiger charge is -2.19. The average Bonchev–Trinajstić information content (AvgIpc) is 3.20. The molecule has 138 valence electrons. The first-order chi connectivity index (χ1) is 12.5. The van der Waals surface area contributed by atoms with Crippen molar-refractivity contribution in [1.82, 2.24) is 4.90 Å². The van der Waals surface area contributed by atoms with Gasteiger partial charge < -0.3 is 14.2 Å². The van der Waals surface area contributed by atoms with Crippen LogP contribution in [0.4, 0.5) is 0 Å². The van der Waals surface area contributed by atoms with Gasteiger partial charge in [0.25, 0.3) is 0 Å². The first kappa shape index (κ1) is 17.1. The molecule has 1 saturated heterocycles. The molecule has 0 unspecified atom stereocenters. The van der Waals surface area contributed by atoms with Crippen LogP contribution in [0.2, 0.25) is 5.02 Å². The van der Waals surface area contributed by atoms with Gasteiger partial charge in [-0.3, -0.25) is 19.3 Å². The number of hydrogen-bond acceptors (Lipinski definition) is 6. The van der Waals surface area contributed by atoms with E-state index in [1.54, 1.807) is 12.1 Å². The molecule has 1 saturated carbocycles. The number of nitrogens with zero attached hydrogens (tertiary/aromatic N) is 1. The van der Waals surface area contributed by atoms with E-state index in [4.69, 9.17) is 25.8 Å². The van der Waals surface area contributed by atoms with Gasteiger partial charge in [0, 0.05) is 0 Å². The fraction of sp³-hybridized carbons (Fsp3) is 0.500. The van der Waals surface area contributed by atoms with Crippen LogP contribution in [0.15, 0.2) is 12.1 Å². The van der Waals surface area contributed by atoms with Gasteiger partial charge in [0.15, 0.2) is 11.5 Å². The summed E-state index contributed by atoms with van der Waals surface area (Å²) in [6.45, 7) is -0.277. The molecule has 0 spiro atoms. The second kappa shape index (κ2) is 6.79. The molecule has 2 aliphatic heterocycles. The van der Waals surface area contributed by atoms with E-state index in [0.717, 1.165) is 30.6 Å². The number of amides is 2. The number of imide groups is 1. The van der Waals surface area contributed by atoms with E-state index >= 15 is 0 Å². The van der Waals surface area contributed by atoms with Gasteiger partial charge >= 0.3 is 5.97 Å². The SMILES string of the molecule is O=C(CN1C(=O)[C@H]2CCCC[C@@H]2C1=O)OCc1cc(Cl)c2c(c1)OCO2. The Morgan fingerprint density at radius 2 is 1.85 bits per heavy atom. The molecule has 1 aromatic carbocycles. The van der Waals surface area contributed by atoms with Crippen molar-refractivity contribution >= 4 is 29.4 Å². The van der Waals surface area contributed by atoms with E-state index in [1.165, 1.54) is 0 Å². The maximum atomic E-state index is 12.4. The molecule has 0 aromatic heterocycles. The highest BCUT2D eigenvalue weighted by molar-refractivity contribution is 6.32. The Morgan fingerprint density at radius 1 is 1.15 bits per heavy atom. The van der Waals surface area contributed by atoms with Gasteiger partial charge in [-0.05, 0) is 30.5 Å². The van der Waals surface area contributed by atoms with Gasteiger partial charge in [-0.1, -0.05) is 24.4 Å². The highest BCUT2D eigenvalue weighted by atomic mass is 35.5. The summed E-state index contributed by atoms with van der Waals surface area (Å²) < 4.78 is 15.7. The van der Waals surface area contributed by atoms with E-state index in [1.807, 2.05) is 0 Å². The van der Waals surface area contributed by atoms with Crippen LogP contribution in [0.1, 0.15) is 31.2 Å². The zero-order valence-corrected chi connectivity index (χ0v) is 14.8. The van der Waals surface area contributed by atoms with Gasteiger partial charge in [0.05, 0.1) is 16.9 Å². The molecule has 1 aromatic rings. The van der Waals surface area contributed by atoms with Crippen LogP contribution in [0.3, 0.4) is 0 Å². The second-order valence-corrected chi connectivity index (χ2v) is 7.14. The lowest BCUT2D eigenvalue weighted by molar-refractivity contribution is -0.153. The van der Waals surface area contributed by atoms with Crippen molar-refractivity contribution in [1.29, 1.82) is 0 Å². The maximum Gasteiger partial charge on any atom is 0.326 e. The van der Waals surface area contributed by atoms with Crippen LogP contribution < -0.4 is 9.47 Å². The molecule has 0 radical (unpaired) electrons. The van der Waals surface area contributed by atoms with Crippen molar-refractivity contribution in [3.63, 3.8) is 0 Å². The third-order valence-electron chi connectivity index (χ3n) is 5.11. The topological polar surface area (TPSA) is 82.1 Å². The number of rotatable bonds is 4. The molecular weight excluding hydrogens is 362 g/mol. The van der Waals surface area contributed by atoms with E-state index in [-0.39, 0.29) is 43.6 Å². The Bertz CT molecular complexity index is 755. The summed E-state index contributed by atoms with van der Waals surface area (Å²) in [6.07, 6.45) is 3.33. The molecule has 7 nitrogen and oxygen atoms in total. The standard InChI is InChI=1S/C18H18ClNO6/c19-13-5-10(6-14-16(13)26-9-25-14)8-24-15(21)7-20-17(22)11-3-1-2-4-12(11)18(20)23/h5-6,11-12H,1-4,7-9H2/t11-,12-/m0/s1. The number of likely N-dealkylation sites (tertiary alicyclic amines) is 1. The molecule has 0 bridgehead atoms. The molecular formula is C18H18ClNO6. The third-order valence-corrected chi connectivity index (χ3v) is 5.39. The highest BCUT2D eigenvalue weighted by Crippen LogP contribution is 2.40. The minimum Gasteiger partial charge on any atom is -0.459 e. The minimum atomic E-state index is -0.626. The Morgan fingerprint density at radius 3 is 2.54 bits per heavy atom. The molecule has 2 amide bonds. The molecule has 3 aliphatic rings. The number of fused-ring (bicyclic) bond motifs is 2. The smallest absolute Gasteiger partial charge is 0.326 e. The van der Waals surface area contributed by atoms with Crippen molar-refractivity contribution in [2.75, 3.05) is 13.3 Å². The number of carbonyl (C=O) groups is 3. The van der Waals surface area contributed by atoms with Crippen molar-refractivity contribution in [2.24, 2.45) is 11.8 Å². The van der Waals surface area contributed by atoms with Crippen molar-refractivity contribution in [3.8, 4) is 11.5 Å². The summed E-state index contributed by atoms with van der Waals surface area (Å²) in [4.78, 5) is 37.9. The van der Waals surface area contributed by atoms with Gasteiger partial charge in [-0.25, -0.2) is 0 Å². The first-order valence-electron chi connectivity index (χ1n) is 8.63. The normalized spacial score (nSPS) is 24.0. The Balaban J connectivity index is 1.37. The number of esters is 1. The monoisotopic (exact) mass is 379 g/mol. The van der Waals surface area contributed by atoms with Crippen LogP contribution in [-0.4, -0.2) is 36.0 Å². The third kappa shape index (κ3) is 3.00. The fourth-order valence-corrected chi connectivity index (χ4v) is 4.12. The molecule has 8 heteroatoms. The Kier molecular flexibility index (Phi) is 4.48. The molecule has 2 heterocycles. The second-order valence-electron chi connectivity index (χ2n) is 6.73. The Hall–Kier alpha value is -2.28. The van der Waals surface area contributed by atoms with Gasteiger partial charge in [-0.15, -0.1) is 0 Å². The summed E-state index contributed by atoms with van der Waals surface area (Å²) >= 11 is 6.09. The molecule has 26 heavy (non-hydrogen) atoms. The van der Waals surface area contributed by atoms with Crippen LogP contribution in [0, 0.1) is 11.8 Å². The lowest BCUT2D eigenvalue weighted by Crippen LogP contribution is -2.36. The van der Waals surface area contributed by atoms with Crippen LogP contribution in [-0.2, 0) is 25.7 Å². The lowest BCUT2D eigenvalue weighted by atomic mass is 9.81. The number of ether oxygens (including phenoxy) is 3. The zero-order chi connectivity index (χ0) is 18.3. The van der Waals surface area contributed by atoms with E-state index < -0.39 is 5.97 Å². The number of hydrogen-bond donors (Lipinski definition) is 0. The molecule has 2 fully saturated rings. The maximum absolute atomic E-state index is 12.4. The molecule has 2 atom stereocenters. The molecule has 4 rings (SSSR count). The number of halogens is 1. The summed E-state index contributed by atoms with van der Waals surface area (Å²) in [5.74, 6) is -0.687. The number of benzene rings is 1. The zero-order valence-electron chi connectivity index (χ0n) is 14.0. The molecule has 0 N–H and O–H groups in total. The van der Waals surface area contributed by atoms with Crippen LogP contribution in [0.5, 0.6) is 11.5 Å². The van der Waals surface area contributed by atoms with Crippen molar-refractivity contribution in [3.05, 3.63) is 22.7 Å². The first-order valence-corrected chi connectivity index (χ1v) is 9.01. The van der Waals surface area contributed by atoms with E-state index in [2.05, 4.69) is 0 Å². The quantitative estimate of drug-likeness (QED) is 0.589. The summed E-state index contributed by atoms with van der Waals surface area (Å²) in [6, 6.07) is 3.31. The minimum absolute atomic E-state index is 0.0295. The summed E-state index contributed by atoms with van der Waals surface area (Å²) in [7, 11) is 0. The summed E-state index contributed by atoms with van der Waals surface area (Å²) in [5, 5.41) is 0.375. The Labute approximate surface area is 155 Å². The number of carbonyl (C=O) groups excluding carboxylic acids is 3. The van der Waals surface area contributed by atoms with E-state index in [9.17, 15) is 14.4 Å². The van der Waals surface area contributed by atoms with E-state index in [0.29, 0.717) is 22.1 Å². The highest BCUT2D eigenvalue weighted by Gasteiger charge is 2.48. The van der Waals surface area contributed by atoms with Gasteiger partial charge in [0.2, 0.25) is 18.6 Å². The fourth-order valence-electron chi connectivity index (χ4n) is 3.83. The van der Waals surface area contributed by atoms with Gasteiger partial charge in [-0.2, -0.15) is 0 Å². The summed E-state index contributed by atoms with van der Waals surface area (Å²) in [5.41, 5.74) is 0.639. The average molecular weight is 380 g/mol. The van der Waals surface area contributed by atoms with Crippen LogP contribution in [0.25, 0.3) is 0 Å². The predicted molar refractivity (Wildman–Crippen MR) is 89.5 cm³/mol. The predicted octanol–water partition coefficient (Wildman–Crippen LogP) is 2.29. The van der Waals surface area contributed by atoms with Crippen molar-refractivity contribution in [2.45, 2.75) is 32.3 Å².